The van der Waals surface area contributed by atoms with Crippen molar-refractivity contribution in [3.63, 3.8) is 0 Å². The average molecular weight is 624 g/mol. The molecule has 6 rings (SSSR count). The van der Waals surface area contributed by atoms with E-state index in [1.807, 2.05) is 19.0 Å². The third-order valence-electron chi connectivity index (χ3n) is 7.64. The van der Waals surface area contributed by atoms with E-state index < -0.39 is 5.69 Å². The Bertz CT molecular complexity index is 1970. The molecular weight excluding hydrogens is 590 g/mol. The Hall–Kier alpha value is -5.14. The van der Waals surface area contributed by atoms with Gasteiger partial charge in [0, 0.05) is 35.8 Å². The van der Waals surface area contributed by atoms with Crippen LogP contribution in [0.3, 0.4) is 0 Å². The Morgan fingerprint density at radius 1 is 1.02 bits per heavy atom. The van der Waals surface area contributed by atoms with Crippen molar-refractivity contribution in [1.82, 2.24) is 29.0 Å². The lowest BCUT2D eigenvalue weighted by Crippen LogP contribution is -2.25. The molecule has 0 spiro atoms. The third kappa shape index (κ3) is 5.99. The second kappa shape index (κ2) is 12.5. The van der Waals surface area contributed by atoms with Crippen molar-refractivity contribution in [1.29, 1.82) is 0 Å². The molecule has 1 aliphatic rings. The summed E-state index contributed by atoms with van der Waals surface area (Å²) in [6.45, 7) is 0.634. The Balaban J connectivity index is 1.32. The van der Waals surface area contributed by atoms with E-state index in [1.165, 1.54) is 42.7 Å². The monoisotopic (exact) mass is 623 g/mol. The van der Waals surface area contributed by atoms with Crippen molar-refractivity contribution >= 4 is 51.0 Å². The molecule has 0 radical (unpaired) electrons. The summed E-state index contributed by atoms with van der Waals surface area (Å²) in [7, 11) is 5.52. The second-order valence-electron chi connectivity index (χ2n) is 11.1. The molecule has 0 bridgehead atoms. The predicted octanol–water partition coefficient (Wildman–Crippen LogP) is 3.82. The number of aryl methyl sites for hydroxylation is 2. The highest BCUT2D eigenvalue weighted by Crippen LogP contribution is 2.30. The fourth-order valence-electron chi connectivity index (χ4n) is 5.30. The minimum absolute atomic E-state index is 0.125. The number of benzene rings is 2. The van der Waals surface area contributed by atoms with Gasteiger partial charge in [-0.2, -0.15) is 0 Å². The summed E-state index contributed by atoms with van der Waals surface area (Å²) >= 11 is 1.53. The van der Waals surface area contributed by atoms with Crippen molar-refractivity contribution in [2.24, 2.45) is 0 Å². The van der Waals surface area contributed by atoms with Crippen molar-refractivity contribution in [2.45, 2.75) is 25.7 Å². The van der Waals surface area contributed by atoms with Crippen molar-refractivity contribution < 1.29 is 9.59 Å². The van der Waals surface area contributed by atoms with Crippen LogP contribution in [0, 0.1) is 0 Å². The van der Waals surface area contributed by atoms with Crippen molar-refractivity contribution in [2.75, 3.05) is 43.6 Å². The lowest BCUT2D eigenvalue weighted by atomic mass is 10.0. The number of amides is 2. The maximum Gasteiger partial charge on any atom is 0.339 e. The normalized spacial score (nSPS) is 13.0. The Morgan fingerprint density at radius 3 is 2.56 bits per heavy atom. The zero-order valence-corrected chi connectivity index (χ0v) is 26.0. The van der Waals surface area contributed by atoms with Crippen LogP contribution < -0.4 is 21.6 Å². The molecule has 0 fully saturated rings. The molecule has 0 aliphatic heterocycles. The van der Waals surface area contributed by atoms with E-state index in [2.05, 4.69) is 20.3 Å². The number of carbonyl (C=O) groups excluding carboxylic acids is 2. The minimum atomic E-state index is -0.431. The summed E-state index contributed by atoms with van der Waals surface area (Å²) in [5.74, 6) is -0.355. The van der Waals surface area contributed by atoms with Gasteiger partial charge in [0.15, 0.2) is 16.6 Å². The van der Waals surface area contributed by atoms with E-state index in [1.54, 1.807) is 61.7 Å². The molecule has 5 aromatic rings. The molecule has 3 N–H and O–H groups in total. The van der Waals surface area contributed by atoms with Crippen LogP contribution in [0.1, 0.15) is 33.8 Å². The fourth-order valence-corrected chi connectivity index (χ4v) is 6.34. The number of likely N-dealkylation sites (N-methyl/N-ethyl adjacent to an activating group) is 2. The Labute approximate surface area is 263 Å². The number of carbonyl (C=O) groups is 2. The molecule has 0 saturated heterocycles. The van der Waals surface area contributed by atoms with E-state index in [0.29, 0.717) is 45.5 Å². The number of hydrogen-bond donors (Lipinski definition) is 2. The maximum absolute atomic E-state index is 14.0. The summed E-state index contributed by atoms with van der Waals surface area (Å²) in [6.07, 6.45) is 8.82. The van der Waals surface area contributed by atoms with Crippen LogP contribution in [0.2, 0.25) is 0 Å². The predicted molar refractivity (Wildman–Crippen MR) is 177 cm³/mol. The lowest BCUT2D eigenvalue weighted by Gasteiger charge is -2.16. The number of aromatic nitrogens is 5. The molecule has 0 atom stereocenters. The number of thiazole rings is 1. The molecule has 0 saturated carbocycles. The zero-order chi connectivity index (χ0) is 31.7. The summed E-state index contributed by atoms with van der Waals surface area (Å²) in [6, 6.07) is 13.7. The number of nitrogens with two attached hydrogens (primary N) is 1. The van der Waals surface area contributed by atoms with Gasteiger partial charge in [-0.3, -0.25) is 19.5 Å². The molecule has 3 heterocycles. The number of anilines is 3. The van der Waals surface area contributed by atoms with E-state index >= 15 is 0 Å². The largest absolute Gasteiger partial charge is 0.382 e. The van der Waals surface area contributed by atoms with Crippen molar-refractivity contribution in [3.8, 4) is 11.4 Å². The van der Waals surface area contributed by atoms with Crippen LogP contribution in [0.15, 0.2) is 71.8 Å². The standard InChI is InChI=1S/C32H33N9O3S/c1-38(2)17-7-12-26(42)39(3)22-8-6-9-23(18-22)41-29-27(28(33)34-19-35-29)40(32(41)44)21-15-13-20(14-16-21)30(43)37-31-36-24-10-4-5-11-25(24)45-31/h6-9,12-16,18-19H,4-5,10-11,17H2,1-3H3,(H2,33,34,35)(H,36,37,43)/b12-7+. The van der Waals surface area contributed by atoms with Gasteiger partial charge in [-0.15, -0.1) is 11.3 Å². The minimum Gasteiger partial charge on any atom is -0.382 e. The number of nitrogen functional groups attached to an aromatic ring is 1. The molecular formula is C32H33N9O3S. The topological polar surface area (TPSA) is 144 Å². The number of fused-ring (bicyclic) bond motifs is 2. The van der Waals surface area contributed by atoms with Crippen LogP contribution >= 0.6 is 11.3 Å². The highest BCUT2D eigenvalue weighted by Gasteiger charge is 2.22. The van der Waals surface area contributed by atoms with Gasteiger partial charge in [0.1, 0.15) is 11.8 Å². The molecule has 1 aliphatic carbocycles. The molecule has 12 nitrogen and oxygen atoms in total. The first-order valence-corrected chi connectivity index (χ1v) is 15.4. The van der Waals surface area contributed by atoms with Crippen LogP contribution in [0.4, 0.5) is 16.6 Å². The SMILES string of the molecule is CN(C)C/C=C/C(=O)N(C)c1cccc(-n2c(=O)n(-c3ccc(C(=O)Nc4nc5c(s4)CCCC5)cc3)c3c(N)ncnc32)c1. The van der Waals surface area contributed by atoms with Gasteiger partial charge >= 0.3 is 5.69 Å². The quantitative estimate of drug-likeness (QED) is 0.248. The third-order valence-corrected chi connectivity index (χ3v) is 8.71. The first-order chi connectivity index (χ1) is 21.7. The highest BCUT2D eigenvalue weighted by atomic mass is 32.1. The first-order valence-electron chi connectivity index (χ1n) is 14.5. The summed E-state index contributed by atoms with van der Waals surface area (Å²) in [4.78, 5) is 57.7. The number of nitrogens with one attached hydrogen (secondary N) is 1. The Morgan fingerprint density at radius 2 is 1.80 bits per heavy atom. The molecule has 3 aromatic heterocycles. The lowest BCUT2D eigenvalue weighted by molar-refractivity contribution is -0.113. The molecule has 2 aromatic carbocycles. The van der Waals surface area contributed by atoms with Crippen LogP contribution in [0.5, 0.6) is 0 Å². The Kier molecular flexibility index (Phi) is 8.28. The summed E-state index contributed by atoms with van der Waals surface area (Å²) in [5.41, 5.74) is 9.57. The van der Waals surface area contributed by atoms with Gasteiger partial charge in [-0.25, -0.2) is 24.3 Å². The van der Waals surface area contributed by atoms with Gasteiger partial charge in [-0.1, -0.05) is 12.1 Å². The molecule has 0 unspecified atom stereocenters. The van der Waals surface area contributed by atoms with Gasteiger partial charge < -0.3 is 15.5 Å². The summed E-state index contributed by atoms with van der Waals surface area (Å²) in [5, 5.41) is 3.51. The molecule has 45 heavy (non-hydrogen) atoms. The van der Waals surface area contributed by atoms with E-state index in [9.17, 15) is 14.4 Å². The van der Waals surface area contributed by atoms with Crippen LogP contribution in [0.25, 0.3) is 22.5 Å². The van der Waals surface area contributed by atoms with Gasteiger partial charge in [0.2, 0.25) is 5.91 Å². The number of hydrogen-bond acceptors (Lipinski definition) is 9. The van der Waals surface area contributed by atoms with Crippen molar-refractivity contribution in [3.05, 3.63) is 93.6 Å². The van der Waals surface area contributed by atoms with E-state index in [4.69, 9.17) is 5.73 Å². The summed E-state index contributed by atoms with van der Waals surface area (Å²) < 4.78 is 2.86. The van der Waals surface area contributed by atoms with Gasteiger partial charge in [-0.05, 0) is 82.2 Å². The van der Waals surface area contributed by atoms with E-state index in [0.717, 1.165) is 31.4 Å². The molecule has 13 heteroatoms. The fraction of sp³-hybridized carbons (Fsp3) is 0.250. The smallest absolute Gasteiger partial charge is 0.339 e. The van der Waals surface area contributed by atoms with Gasteiger partial charge in [0.25, 0.3) is 5.91 Å². The molecule has 230 valence electrons. The van der Waals surface area contributed by atoms with Crippen LogP contribution in [-0.2, 0) is 17.6 Å². The first kappa shape index (κ1) is 29.9. The van der Waals surface area contributed by atoms with Crippen LogP contribution in [-0.4, -0.2) is 68.5 Å². The second-order valence-corrected chi connectivity index (χ2v) is 12.1. The average Bonchev–Trinajstić information content (AvgIpc) is 3.58. The number of nitrogens with zero attached hydrogens (tertiary/aromatic N) is 7. The number of rotatable bonds is 8. The highest BCUT2D eigenvalue weighted by molar-refractivity contribution is 7.15. The zero-order valence-electron chi connectivity index (χ0n) is 25.2. The number of imidazole rings is 1. The molecule has 2 amide bonds. The van der Waals surface area contributed by atoms with Gasteiger partial charge in [0.05, 0.1) is 17.1 Å². The van der Waals surface area contributed by atoms with E-state index in [-0.39, 0.29) is 17.6 Å². The maximum atomic E-state index is 14.0.